The van der Waals surface area contributed by atoms with Crippen LogP contribution in [-0.4, -0.2) is 29.6 Å². The average molecular weight is 324 g/mol. The maximum absolute atomic E-state index is 4.85. The van der Waals surface area contributed by atoms with Crippen LogP contribution < -0.4 is 10.2 Å². The van der Waals surface area contributed by atoms with Gasteiger partial charge in [0.25, 0.3) is 0 Å². The minimum Gasteiger partial charge on any atom is -0.370 e. The largest absolute Gasteiger partial charge is 0.370 e. The summed E-state index contributed by atoms with van der Waals surface area (Å²) in [6.07, 6.45) is 4.97. The van der Waals surface area contributed by atoms with Gasteiger partial charge in [0.1, 0.15) is 11.6 Å². The molecule has 1 N–H and O–H groups in total. The zero-order valence-corrected chi connectivity index (χ0v) is 14.8. The van der Waals surface area contributed by atoms with Crippen molar-refractivity contribution in [3.05, 3.63) is 36.4 Å². The van der Waals surface area contributed by atoms with Crippen LogP contribution in [0.4, 0.5) is 11.6 Å². The quantitative estimate of drug-likeness (QED) is 0.843. The zero-order valence-electron chi connectivity index (χ0n) is 14.8. The highest BCUT2D eigenvalue weighted by Gasteiger charge is 2.15. The number of rotatable bonds is 6. The molecule has 4 nitrogen and oxygen atoms in total. The van der Waals surface area contributed by atoms with Crippen LogP contribution in [0.15, 0.2) is 36.4 Å². The van der Waals surface area contributed by atoms with Gasteiger partial charge in [0.2, 0.25) is 0 Å². The molecule has 1 aromatic heterocycles. The first-order chi connectivity index (χ1) is 11.7. The van der Waals surface area contributed by atoms with Crippen LogP contribution in [0.1, 0.15) is 39.5 Å². The normalized spacial score (nSPS) is 14.9. The van der Waals surface area contributed by atoms with Crippen LogP contribution in [-0.2, 0) is 0 Å². The first-order valence-corrected chi connectivity index (χ1v) is 9.16. The molecule has 1 aliphatic rings. The Morgan fingerprint density at radius 2 is 1.79 bits per heavy atom. The summed E-state index contributed by atoms with van der Waals surface area (Å²) in [7, 11) is 0. The van der Waals surface area contributed by atoms with Crippen LogP contribution >= 0.6 is 0 Å². The Morgan fingerprint density at radius 1 is 1.04 bits per heavy atom. The molecule has 0 radical (unpaired) electrons. The molecular formula is C20H28N4. The molecule has 1 aromatic carbocycles. The van der Waals surface area contributed by atoms with Crippen molar-refractivity contribution in [3.8, 4) is 11.4 Å². The van der Waals surface area contributed by atoms with E-state index in [1.165, 1.54) is 19.3 Å². The molecule has 128 valence electrons. The van der Waals surface area contributed by atoms with E-state index in [1.807, 2.05) is 18.2 Å². The molecule has 1 saturated heterocycles. The van der Waals surface area contributed by atoms with Gasteiger partial charge in [0.15, 0.2) is 5.82 Å². The highest BCUT2D eigenvalue weighted by atomic mass is 15.2. The Balaban J connectivity index is 1.86. The maximum Gasteiger partial charge on any atom is 0.163 e. The summed E-state index contributed by atoms with van der Waals surface area (Å²) in [5, 5.41) is 3.49. The molecule has 1 aliphatic heterocycles. The number of hydrogen-bond donors (Lipinski definition) is 1. The van der Waals surface area contributed by atoms with E-state index in [2.05, 4.69) is 42.3 Å². The first-order valence-electron chi connectivity index (χ1n) is 9.16. The van der Waals surface area contributed by atoms with E-state index in [1.54, 1.807) is 0 Å². The SMILES string of the molecule is CC(C)CCNc1cc(N2CCCCC2)nc(-c2ccccc2)n1. The Bertz CT molecular complexity index is 633. The van der Waals surface area contributed by atoms with E-state index < -0.39 is 0 Å². The zero-order chi connectivity index (χ0) is 16.8. The molecule has 0 saturated carbocycles. The molecule has 0 atom stereocenters. The van der Waals surface area contributed by atoms with E-state index >= 15 is 0 Å². The van der Waals surface area contributed by atoms with Crippen LogP contribution in [0.3, 0.4) is 0 Å². The number of piperidine rings is 1. The summed E-state index contributed by atoms with van der Waals surface area (Å²) in [5.74, 6) is 3.49. The van der Waals surface area contributed by atoms with Gasteiger partial charge in [-0.15, -0.1) is 0 Å². The fraction of sp³-hybridized carbons (Fsp3) is 0.500. The Labute approximate surface area is 145 Å². The summed E-state index contributed by atoms with van der Waals surface area (Å²) >= 11 is 0. The monoisotopic (exact) mass is 324 g/mol. The lowest BCUT2D eigenvalue weighted by atomic mass is 10.1. The molecule has 0 bridgehead atoms. The summed E-state index contributed by atoms with van der Waals surface area (Å²) in [6, 6.07) is 12.4. The highest BCUT2D eigenvalue weighted by Crippen LogP contribution is 2.24. The molecule has 3 rings (SSSR count). The second-order valence-electron chi connectivity index (χ2n) is 6.96. The molecule has 2 aromatic rings. The number of aromatic nitrogens is 2. The van der Waals surface area contributed by atoms with Crippen molar-refractivity contribution in [2.24, 2.45) is 5.92 Å². The molecular weight excluding hydrogens is 296 g/mol. The number of nitrogens with one attached hydrogen (secondary N) is 1. The van der Waals surface area contributed by atoms with Crippen molar-refractivity contribution in [2.45, 2.75) is 39.5 Å². The fourth-order valence-corrected chi connectivity index (χ4v) is 3.02. The Kier molecular flexibility index (Phi) is 5.68. The average Bonchev–Trinajstić information content (AvgIpc) is 2.63. The van der Waals surface area contributed by atoms with Gasteiger partial charge < -0.3 is 10.2 Å². The van der Waals surface area contributed by atoms with Gasteiger partial charge in [0.05, 0.1) is 0 Å². The van der Waals surface area contributed by atoms with Crippen molar-refractivity contribution in [1.29, 1.82) is 0 Å². The van der Waals surface area contributed by atoms with Gasteiger partial charge in [-0.25, -0.2) is 9.97 Å². The van der Waals surface area contributed by atoms with Gasteiger partial charge in [-0.3, -0.25) is 0 Å². The van der Waals surface area contributed by atoms with Crippen molar-refractivity contribution >= 4 is 11.6 Å². The smallest absolute Gasteiger partial charge is 0.163 e. The number of anilines is 2. The second kappa shape index (κ2) is 8.13. The minimum atomic E-state index is 0.689. The van der Waals surface area contributed by atoms with Gasteiger partial charge >= 0.3 is 0 Å². The van der Waals surface area contributed by atoms with E-state index in [9.17, 15) is 0 Å². The Morgan fingerprint density at radius 3 is 2.50 bits per heavy atom. The molecule has 24 heavy (non-hydrogen) atoms. The third kappa shape index (κ3) is 4.47. The molecule has 0 aliphatic carbocycles. The van der Waals surface area contributed by atoms with E-state index in [0.717, 1.165) is 49.1 Å². The lowest BCUT2D eigenvalue weighted by Crippen LogP contribution is -2.30. The van der Waals surface area contributed by atoms with Gasteiger partial charge in [-0.2, -0.15) is 0 Å². The van der Waals surface area contributed by atoms with Crippen LogP contribution in [0, 0.1) is 5.92 Å². The van der Waals surface area contributed by atoms with Crippen LogP contribution in [0.25, 0.3) is 11.4 Å². The van der Waals surface area contributed by atoms with E-state index in [4.69, 9.17) is 9.97 Å². The van der Waals surface area contributed by atoms with E-state index in [-0.39, 0.29) is 0 Å². The lowest BCUT2D eigenvalue weighted by Gasteiger charge is -2.28. The topological polar surface area (TPSA) is 41.0 Å². The van der Waals surface area contributed by atoms with Crippen molar-refractivity contribution in [1.82, 2.24) is 9.97 Å². The number of nitrogens with zero attached hydrogens (tertiary/aromatic N) is 3. The van der Waals surface area contributed by atoms with Crippen LogP contribution in [0.5, 0.6) is 0 Å². The van der Waals surface area contributed by atoms with Crippen molar-refractivity contribution in [3.63, 3.8) is 0 Å². The standard InChI is InChI=1S/C20H28N4/c1-16(2)11-12-21-18-15-19(24-13-7-4-8-14-24)23-20(22-18)17-9-5-3-6-10-17/h3,5-6,9-10,15-16H,4,7-8,11-14H2,1-2H3,(H,21,22,23). The highest BCUT2D eigenvalue weighted by molar-refractivity contribution is 5.61. The molecule has 0 spiro atoms. The van der Waals surface area contributed by atoms with Gasteiger partial charge in [-0.1, -0.05) is 44.2 Å². The van der Waals surface area contributed by atoms with Gasteiger partial charge in [0, 0.05) is 31.3 Å². The summed E-state index contributed by atoms with van der Waals surface area (Å²) in [5.41, 5.74) is 1.07. The predicted molar refractivity (Wildman–Crippen MR) is 101 cm³/mol. The third-order valence-electron chi connectivity index (χ3n) is 4.45. The summed E-state index contributed by atoms with van der Waals surface area (Å²) in [4.78, 5) is 12.0. The molecule has 2 heterocycles. The van der Waals surface area contributed by atoms with E-state index in [0.29, 0.717) is 5.92 Å². The number of hydrogen-bond acceptors (Lipinski definition) is 4. The second-order valence-corrected chi connectivity index (χ2v) is 6.96. The maximum atomic E-state index is 4.85. The molecule has 4 heteroatoms. The first kappa shape index (κ1) is 16.7. The molecule has 0 amide bonds. The van der Waals surface area contributed by atoms with Crippen LogP contribution in [0.2, 0.25) is 0 Å². The van der Waals surface area contributed by atoms with Crippen molar-refractivity contribution in [2.75, 3.05) is 29.9 Å². The third-order valence-corrected chi connectivity index (χ3v) is 4.45. The lowest BCUT2D eigenvalue weighted by molar-refractivity contribution is 0.573. The van der Waals surface area contributed by atoms with Gasteiger partial charge in [-0.05, 0) is 31.6 Å². The fourth-order valence-electron chi connectivity index (χ4n) is 3.02. The van der Waals surface area contributed by atoms with Crippen molar-refractivity contribution < 1.29 is 0 Å². The molecule has 1 fully saturated rings. The number of benzene rings is 1. The Hall–Kier alpha value is -2.10. The predicted octanol–water partition coefficient (Wildman–Crippen LogP) is 4.59. The minimum absolute atomic E-state index is 0.689. The molecule has 0 unspecified atom stereocenters. The summed E-state index contributed by atoms with van der Waals surface area (Å²) in [6.45, 7) is 7.63. The summed E-state index contributed by atoms with van der Waals surface area (Å²) < 4.78 is 0.